The van der Waals surface area contributed by atoms with Crippen LogP contribution in [-0.4, -0.2) is 54.9 Å². The van der Waals surface area contributed by atoms with Crippen LogP contribution in [-0.2, 0) is 9.53 Å². The van der Waals surface area contributed by atoms with Crippen LogP contribution in [0.1, 0.15) is 32.6 Å². The van der Waals surface area contributed by atoms with E-state index in [9.17, 15) is 9.59 Å². The summed E-state index contributed by atoms with van der Waals surface area (Å²) in [7, 11) is 0. The number of rotatable bonds is 5. The van der Waals surface area contributed by atoms with Crippen LogP contribution in [0.3, 0.4) is 0 Å². The van der Waals surface area contributed by atoms with E-state index in [-0.39, 0.29) is 6.03 Å². The molecule has 2 N–H and O–H groups in total. The summed E-state index contributed by atoms with van der Waals surface area (Å²) in [6.45, 7) is 4.86. The minimum atomic E-state index is -0.825. The first kappa shape index (κ1) is 15.1. The third-order valence-electron chi connectivity index (χ3n) is 4.37. The van der Waals surface area contributed by atoms with Gasteiger partial charge in [0.1, 0.15) is 0 Å². The molecule has 2 unspecified atom stereocenters. The van der Waals surface area contributed by atoms with Crippen LogP contribution < -0.4 is 5.32 Å². The van der Waals surface area contributed by atoms with Crippen molar-refractivity contribution in [2.24, 2.45) is 11.3 Å². The Morgan fingerprint density at radius 3 is 2.90 bits per heavy atom. The molecule has 20 heavy (non-hydrogen) atoms. The molecule has 0 aromatic heterocycles. The molecule has 6 heteroatoms. The molecule has 0 aliphatic carbocycles. The first-order valence-corrected chi connectivity index (χ1v) is 7.35. The summed E-state index contributed by atoms with van der Waals surface area (Å²) in [6, 6.07) is -0.141. The average Bonchev–Trinajstić information content (AvgIpc) is 3.04. The molecule has 0 bridgehead atoms. The number of carbonyl (C=O) groups excluding carboxylic acids is 1. The van der Waals surface area contributed by atoms with Gasteiger partial charge in [0.2, 0.25) is 0 Å². The van der Waals surface area contributed by atoms with Gasteiger partial charge in [-0.3, -0.25) is 4.79 Å². The molecular weight excluding hydrogens is 260 g/mol. The van der Waals surface area contributed by atoms with Gasteiger partial charge in [-0.05, 0) is 38.5 Å². The number of likely N-dealkylation sites (tertiary alicyclic amines) is 1. The molecule has 2 fully saturated rings. The predicted octanol–water partition coefficient (Wildman–Crippen LogP) is 1.31. The second-order valence-electron chi connectivity index (χ2n) is 6.14. The lowest BCUT2D eigenvalue weighted by Crippen LogP contribution is -2.41. The van der Waals surface area contributed by atoms with Gasteiger partial charge >= 0.3 is 12.0 Å². The summed E-state index contributed by atoms with van der Waals surface area (Å²) in [5, 5.41) is 12.0. The van der Waals surface area contributed by atoms with E-state index in [1.807, 2.05) is 0 Å². The lowest BCUT2D eigenvalue weighted by atomic mass is 9.90. The van der Waals surface area contributed by atoms with E-state index in [1.165, 1.54) is 0 Å². The fourth-order valence-electron chi connectivity index (χ4n) is 2.82. The summed E-state index contributed by atoms with van der Waals surface area (Å²) in [4.78, 5) is 24.7. The van der Waals surface area contributed by atoms with Crippen molar-refractivity contribution in [1.29, 1.82) is 0 Å². The number of carboxylic acids is 1. The van der Waals surface area contributed by atoms with Crippen LogP contribution >= 0.6 is 0 Å². The highest BCUT2D eigenvalue weighted by atomic mass is 16.5. The van der Waals surface area contributed by atoms with Gasteiger partial charge in [-0.25, -0.2) is 4.79 Å². The maximum Gasteiger partial charge on any atom is 0.317 e. The number of carboxylic acid groups (broad SMARTS) is 1. The summed E-state index contributed by atoms with van der Waals surface area (Å²) in [5.74, 6) is -0.192. The Hall–Kier alpha value is -1.30. The van der Waals surface area contributed by atoms with E-state index in [4.69, 9.17) is 9.84 Å². The monoisotopic (exact) mass is 284 g/mol. The SMILES string of the molecule is CC1(C(=O)O)CCN(C(=O)NCCCC2CCOC2)C1. The molecule has 2 aliphatic heterocycles. The Kier molecular flexibility index (Phi) is 4.86. The molecule has 2 heterocycles. The molecule has 0 radical (unpaired) electrons. The van der Waals surface area contributed by atoms with Crippen molar-refractivity contribution in [2.45, 2.75) is 32.6 Å². The molecule has 6 nitrogen and oxygen atoms in total. The third kappa shape index (κ3) is 3.62. The van der Waals surface area contributed by atoms with Crippen molar-refractivity contribution in [3.8, 4) is 0 Å². The zero-order chi connectivity index (χ0) is 14.6. The van der Waals surface area contributed by atoms with Crippen LogP contribution in [0.25, 0.3) is 0 Å². The van der Waals surface area contributed by atoms with Crippen molar-refractivity contribution in [3.63, 3.8) is 0 Å². The molecule has 0 spiro atoms. The molecule has 114 valence electrons. The summed E-state index contributed by atoms with van der Waals surface area (Å²) in [5.41, 5.74) is -0.793. The molecule has 0 aromatic rings. The zero-order valence-corrected chi connectivity index (χ0v) is 12.1. The highest BCUT2D eigenvalue weighted by Crippen LogP contribution is 2.29. The topological polar surface area (TPSA) is 78.9 Å². The van der Waals surface area contributed by atoms with Crippen LogP contribution in [0.2, 0.25) is 0 Å². The summed E-state index contributed by atoms with van der Waals surface area (Å²) in [6.07, 6.45) is 3.67. The number of nitrogens with zero attached hydrogens (tertiary/aromatic N) is 1. The summed E-state index contributed by atoms with van der Waals surface area (Å²) >= 11 is 0. The van der Waals surface area contributed by atoms with Crippen molar-refractivity contribution < 1.29 is 19.4 Å². The minimum Gasteiger partial charge on any atom is -0.481 e. The van der Waals surface area contributed by atoms with E-state index >= 15 is 0 Å². The molecule has 2 saturated heterocycles. The van der Waals surface area contributed by atoms with Gasteiger partial charge in [0, 0.05) is 32.8 Å². The number of urea groups is 1. The summed E-state index contributed by atoms with van der Waals surface area (Å²) < 4.78 is 5.31. The number of hydrogen-bond donors (Lipinski definition) is 2. The van der Waals surface area contributed by atoms with Crippen molar-refractivity contribution >= 4 is 12.0 Å². The highest BCUT2D eigenvalue weighted by molar-refractivity contribution is 5.79. The van der Waals surface area contributed by atoms with Gasteiger partial charge in [-0.2, -0.15) is 0 Å². The van der Waals surface area contributed by atoms with E-state index in [2.05, 4.69) is 5.32 Å². The Morgan fingerprint density at radius 2 is 2.30 bits per heavy atom. The number of ether oxygens (including phenoxy) is 1. The van der Waals surface area contributed by atoms with Crippen LogP contribution in [0, 0.1) is 11.3 Å². The second-order valence-corrected chi connectivity index (χ2v) is 6.14. The molecule has 0 aromatic carbocycles. The minimum absolute atomic E-state index is 0.141. The average molecular weight is 284 g/mol. The second kappa shape index (κ2) is 6.43. The number of carbonyl (C=O) groups is 2. The molecule has 2 rings (SSSR count). The van der Waals surface area contributed by atoms with Gasteiger partial charge < -0.3 is 20.1 Å². The van der Waals surface area contributed by atoms with Crippen LogP contribution in [0.5, 0.6) is 0 Å². The highest BCUT2D eigenvalue weighted by Gasteiger charge is 2.42. The van der Waals surface area contributed by atoms with Crippen molar-refractivity contribution in [3.05, 3.63) is 0 Å². The third-order valence-corrected chi connectivity index (χ3v) is 4.37. The van der Waals surface area contributed by atoms with E-state index in [0.717, 1.165) is 32.5 Å². The number of aliphatic carboxylic acids is 1. The number of amides is 2. The molecule has 2 aliphatic rings. The van der Waals surface area contributed by atoms with Gasteiger partial charge in [-0.1, -0.05) is 0 Å². The zero-order valence-electron chi connectivity index (χ0n) is 12.1. The Morgan fingerprint density at radius 1 is 1.50 bits per heavy atom. The Bertz CT molecular complexity index is 368. The van der Waals surface area contributed by atoms with Crippen molar-refractivity contribution in [1.82, 2.24) is 10.2 Å². The maximum atomic E-state index is 11.9. The fraction of sp³-hybridized carbons (Fsp3) is 0.857. The Labute approximate surface area is 119 Å². The number of hydrogen-bond acceptors (Lipinski definition) is 3. The lowest BCUT2D eigenvalue weighted by molar-refractivity contribution is -0.146. The molecule has 0 saturated carbocycles. The molecule has 2 amide bonds. The first-order valence-electron chi connectivity index (χ1n) is 7.35. The standard InChI is InChI=1S/C14H24N2O4/c1-14(12(17)18)5-7-16(10-14)13(19)15-6-2-3-11-4-8-20-9-11/h11H,2-10H2,1H3,(H,15,19)(H,17,18). The largest absolute Gasteiger partial charge is 0.481 e. The lowest BCUT2D eigenvalue weighted by Gasteiger charge is -2.20. The molecular formula is C14H24N2O4. The van der Waals surface area contributed by atoms with E-state index < -0.39 is 11.4 Å². The normalized spacial score (nSPS) is 29.6. The van der Waals surface area contributed by atoms with E-state index in [0.29, 0.717) is 32.0 Å². The predicted molar refractivity (Wildman–Crippen MR) is 73.5 cm³/mol. The first-order chi connectivity index (χ1) is 9.51. The fourth-order valence-corrected chi connectivity index (χ4v) is 2.82. The van der Waals surface area contributed by atoms with E-state index in [1.54, 1.807) is 11.8 Å². The van der Waals surface area contributed by atoms with Crippen LogP contribution in [0.15, 0.2) is 0 Å². The van der Waals surface area contributed by atoms with Gasteiger partial charge in [0.15, 0.2) is 0 Å². The van der Waals surface area contributed by atoms with Gasteiger partial charge in [0.25, 0.3) is 0 Å². The molecule has 2 atom stereocenters. The quantitative estimate of drug-likeness (QED) is 0.746. The van der Waals surface area contributed by atoms with Gasteiger partial charge in [-0.15, -0.1) is 0 Å². The Balaban J connectivity index is 1.64. The maximum absolute atomic E-state index is 11.9. The smallest absolute Gasteiger partial charge is 0.317 e. The van der Waals surface area contributed by atoms with Crippen molar-refractivity contribution in [2.75, 3.05) is 32.8 Å². The number of nitrogens with one attached hydrogen (secondary N) is 1. The van der Waals surface area contributed by atoms with Crippen LogP contribution in [0.4, 0.5) is 4.79 Å². The van der Waals surface area contributed by atoms with Gasteiger partial charge in [0.05, 0.1) is 5.41 Å².